The molecule has 2 aliphatic rings. The quantitative estimate of drug-likeness (QED) is 0.648. The summed E-state index contributed by atoms with van der Waals surface area (Å²) in [5.41, 5.74) is 2.02. The van der Waals surface area contributed by atoms with E-state index in [1.165, 1.54) is 7.11 Å². The van der Waals surface area contributed by atoms with Crippen LogP contribution in [0.4, 0.5) is 5.69 Å². The molecule has 7 nitrogen and oxygen atoms in total. The second-order valence-corrected chi connectivity index (χ2v) is 8.38. The van der Waals surface area contributed by atoms with Crippen LogP contribution in [-0.2, 0) is 14.3 Å². The van der Waals surface area contributed by atoms with Crippen LogP contribution in [0, 0.1) is 0 Å². The third-order valence-corrected chi connectivity index (χ3v) is 6.41. The van der Waals surface area contributed by atoms with Crippen LogP contribution in [0.5, 0.6) is 0 Å². The topological polar surface area (TPSA) is 70.2 Å². The molecule has 2 saturated heterocycles. The molecule has 2 heterocycles. The fraction of sp³-hybridized carbons (Fsp3) is 0.375. The van der Waals surface area contributed by atoms with Gasteiger partial charge in [-0.25, -0.2) is 4.79 Å². The number of carbonyl (C=O) groups excluding carboxylic acids is 3. The van der Waals surface area contributed by atoms with E-state index in [9.17, 15) is 14.4 Å². The predicted octanol–water partition coefficient (Wildman–Crippen LogP) is 3.14. The molecule has 1 unspecified atom stereocenters. The van der Waals surface area contributed by atoms with Crippen LogP contribution in [0.3, 0.4) is 0 Å². The van der Waals surface area contributed by atoms with Gasteiger partial charge in [-0.2, -0.15) is 0 Å². The molecule has 2 fully saturated rings. The smallest absolute Gasteiger partial charge is 0.327 e. The molecule has 0 aromatic heterocycles. The Morgan fingerprint density at radius 2 is 1.75 bits per heavy atom. The molecule has 0 N–H and O–H groups in total. The Morgan fingerprint density at radius 1 is 1.00 bits per heavy atom. The summed E-state index contributed by atoms with van der Waals surface area (Å²) in [6.07, 6.45) is 1.39. The van der Waals surface area contributed by atoms with Crippen molar-refractivity contribution in [2.45, 2.75) is 18.9 Å². The molecule has 8 heteroatoms. The first-order valence-corrected chi connectivity index (χ1v) is 11.1. The highest BCUT2D eigenvalue weighted by molar-refractivity contribution is 6.31. The zero-order chi connectivity index (χ0) is 22.7. The SMILES string of the molecule is COC(=O)C(c1ccccc1Cl)N1CCN(C(=O)c2cccc(N3CCCC3=O)c2)CC1. The number of hydrogen-bond donors (Lipinski definition) is 0. The Morgan fingerprint density at radius 3 is 2.41 bits per heavy atom. The molecule has 0 aliphatic carbocycles. The monoisotopic (exact) mass is 455 g/mol. The first kappa shape index (κ1) is 22.3. The number of piperazine rings is 1. The fourth-order valence-corrected chi connectivity index (χ4v) is 4.61. The molecular formula is C24H26ClN3O4. The van der Waals surface area contributed by atoms with Crippen LogP contribution in [-0.4, -0.2) is 67.4 Å². The minimum atomic E-state index is -0.615. The summed E-state index contributed by atoms with van der Waals surface area (Å²) >= 11 is 6.35. The van der Waals surface area contributed by atoms with E-state index in [-0.39, 0.29) is 17.8 Å². The van der Waals surface area contributed by atoms with Gasteiger partial charge in [0.05, 0.1) is 7.11 Å². The van der Waals surface area contributed by atoms with Crippen LogP contribution in [0.1, 0.15) is 34.8 Å². The molecule has 2 aromatic carbocycles. The molecule has 32 heavy (non-hydrogen) atoms. The summed E-state index contributed by atoms with van der Waals surface area (Å²) in [4.78, 5) is 43.3. The summed E-state index contributed by atoms with van der Waals surface area (Å²) in [6, 6.07) is 13.9. The Balaban J connectivity index is 1.46. The molecule has 0 bridgehead atoms. The zero-order valence-corrected chi connectivity index (χ0v) is 18.8. The van der Waals surface area contributed by atoms with E-state index in [2.05, 4.69) is 0 Å². The van der Waals surface area contributed by atoms with E-state index in [4.69, 9.17) is 16.3 Å². The van der Waals surface area contributed by atoms with Crippen molar-refractivity contribution < 1.29 is 19.1 Å². The Kier molecular flexibility index (Phi) is 6.77. The third kappa shape index (κ3) is 4.49. The van der Waals surface area contributed by atoms with Crippen molar-refractivity contribution >= 4 is 35.1 Å². The Bertz CT molecular complexity index is 1020. The lowest BCUT2D eigenvalue weighted by atomic mass is 10.0. The van der Waals surface area contributed by atoms with Crippen molar-refractivity contribution in [1.29, 1.82) is 0 Å². The van der Waals surface area contributed by atoms with E-state index >= 15 is 0 Å². The number of rotatable bonds is 5. The van der Waals surface area contributed by atoms with Gasteiger partial charge in [0.15, 0.2) is 0 Å². The predicted molar refractivity (Wildman–Crippen MR) is 122 cm³/mol. The second-order valence-electron chi connectivity index (χ2n) is 7.97. The van der Waals surface area contributed by atoms with Crippen LogP contribution in [0.15, 0.2) is 48.5 Å². The number of ether oxygens (including phenoxy) is 1. The molecule has 0 saturated carbocycles. The lowest BCUT2D eigenvalue weighted by Gasteiger charge is -2.38. The number of hydrogen-bond acceptors (Lipinski definition) is 5. The van der Waals surface area contributed by atoms with Crippen molar-refractivity contribution in [3.63, 3.8) is 0 Å². The minimum absolute atomic E-state index is 0.0782. The Labute approximate surface area is 192 Å². The molecule has 4 rings (SSSR count). The Hall–Kier alpha value is -2.90. The van der Waals surface area contributed by atoms with E-state index in [1.54, 1.807) is 28.0 Å². The van der Waals surface area contributed by atoms with Gasteiger partial charge in [-0.3, -0.25) is 14.5 Å². The average Bonchev–Trinajstić information content (AvgIpc) is 3.26. The van der Waals surface area contributed by atoms with Gasteiger partial charge in [-0.1, -0.05) is 35.9 Å². The number of halogens is 1. The lowest BCUT2D eigenvalue weighted by molar-refractivity contribution is -0.148. The highest BCUT2D eigenvalue weighted by atomic mass is 35.5. The number of anilines is 1. The van der Waals surface area contributed by atoms with Crippen molar-refractivity contribution in [3.8, 4) is 0 Å². The molecule has 2 amide bonds. The van der Waals surface area contributed by atoms with E-state index in [0.717, 1.165) is 12.1 Å². The van der Waals surface area contributed by atoms with E-state index in [1.807, 2.05) is 35.2 Å². The molecular weight excluding hydrogens is 430 g/mol. The normalized spacial score (nSPS) is 18.0. The largest absolute Gasteiger partial charge is 0.468 e. The van der Waals surface area contributed by atoms with Crippen LogP contribution in [0.2, 0.25) is 5.02 Å². The van der Waals surface area contributed by atoms with Crippen LogP contribution < -0.4 is 4.90 Å². The maximum atomic E-state index is 13.1. The van der Waals surface area contributed by atoms with Crippen molar-refractivity contribution in [3.05, 3.63) is 64.7 Å². The molecule has 168 valence electrons. The molecule has 1 atom stereocenters. The first-order chi connectivity index (χ1) is 15.5. The molecule has 2 aliphatic heterocycles. The second kappa shape index (κ2) is 9.71. The van der Waals surface area contributed by atoms with Gasteiger partial charge in [-0.15, -0.1) is 0 Å². The maximum absolute atomic E-state index is 13.1. The van der Waals surface area contributed by atoms with Gasteiger partial charge in [-0.05, 0) is 36.2 Å². The first-order valence-electron chi connectivity index (χ1n) is 10.8. The van der Waals surface area contributed by atoms with Crippen LogP contribution in [0.25, 0.3) is 0 Å². The summed E-state index contributed by atoms with van der Waals surface area (Å²) in [5.74, 6) is -0.358. The van der Waals surface area contributed by atoms with Crippen molar-refractivity contribution in [2.24, 2.45) is 0 Å². The molecule has 0 radical (unpaired) electrons. The van der Waals surface area contributed by atoms with Gasteiger partial charge in [0, 0.05) is 55.4 Å². The highest BCUT2D eigenvalue weighted by Crippen LogP contribution is 2.30. The standard InChI is InChI=1S/C24H26ClN3O4/c1-32-24(31)22(19-8-2-3-9-20(19)25)26-12-14-27(15-13-26)23(30)17-6-4-7-18(16-17)28-11-5-10-21(28)29/h2-4,6-9,16,22H,5,10-15H2,1H3. The number of carbonyl (C=O) groups is 3. The van der Waals surface area contributed by atoms with Crippen molar-refractivity contribution in [1.82, 2.24) is 9.80 Å². The summed E-state index contributed by atoms with van der Waals surface area (Å²) in [5, 5.41) is 0.509. The zero-order valence-electron chi connectivity index (χ0n) is 18.0. The van der Waals surface area contributed by atoms with E-state index < -0.39 is 6.04 Å². The number of esters is 1. The number of methoxy groups -OCH3 is 1. The maximum Gasteiger partial charge on any atom is 0.327 e. The number of amides is 2. The summed E-state index contributed by atoms with van der Waals surface area (Å²) < 4.78 is 5.04. The molecule has 2 aromatic rings. The van der Waals surface area contributed by atoms with Gasteiger partial charge in [0.2, 0.25) is 5.91 Å². The minimum Gasteiger partial charge on any atom is -0.468 e. The lowest BCUT2D eigenvalue weighted by Crippen LogP contribution is -2.51. The number of nitrogens with zero attached hydrogens (tertiary/aromatic N) is 3. The fourth-order valence-electron chi connectivity index (χ4n) is 4.37. The van der Waals surface area contributed by atoms with Gasteiger partial charge >= 0.3 is 5.97 Å². The van der Waals surface area contributed by atoms with Gasteiger partial charge in [0.25, 0.3) is 5.91 Å². The summed E-state index contributed by atoms with van der Waals surface area (Å²) in [6.45, 7) is 2.67. The third-order valence-electron chi connectivity index (χ3n) is 6.07. The molecule has 0 spiro atoms. The average molecular weight is 456 g/mol. The van der Waals surface area contributed by atoms with Crippen molar-refractivity contribution in [2.75, 3.05) is 44.7 Å². The van der Waals surface area contributed by atoms with Crippen LogP contribution >= 0.6 is 11.6 Å². The summed E-state index contributed by atoms with van der Waals surface area (Å²) in [7, 11) is 1.37. The van der Waals surface area contributed by atoms with Gasteiger partial charge in [0.1, 0.15) is 6.04 Å². The van der Waals surface area contributed by atoms with Gasteiger partial charge < -0.3 is 14.5 Å². The van der Waals surface area contributed by atoms with E-state index in [0.29, 0.717) is 55.3 Å². The highest BCUT2D eigenvalue weighted by Gasteiger charge is 2.34. The number of benzene rings is 2.